The van der Waals surface area contributed by atoms with Crippen LogP contribution in [0.25, 0.3) is 0 Å². The van der Waals surface area contributed by atoms with Gasteiger partial charge in [-0.25, -0.2) is 0 Å². The Hall–Kier alpha value is -1.71. The molecule has 1 heterocycles. The molecular weight excluding hydrogens is 308 g/mol. The summed E-state index contributed by atoms with van der Waals surface area (Å²) in [6.07, 6.45) is 17.0. The van der Waals surface area contributed by atoms with Crippen molar-refractivity contribution in [1.29, 1.82) is 0 Å². The molecule has 138 valence electrons. The van der Waals surface area contributed by atoms with Crippen LogP contribution >= 0.6 is 0 Å². The normalized spacial score (nSPS) is 11.1. The quantitative estimate of drug-likeness (QED) is 0.465. The first kappa shape index (κ1) is 19.6. The van der Waals surface area contributed by atoms with E-state index in [9.17, 15) is 0 Å². The molecule has 4 heteroatoms. The summed E-state index contributed by atoms with van der Waals surface area (Å²) >= 11 is 0. The first-order chi connectivity index (χ1) is 12.4. The van der Waals surface area contributed by atoms with Crippen LogP contribution in [0.5, 0.6) is 0 Å². The van der Waals surface area contributed by atoms with Gasteiger partial charge < -0.3 is 0 Å². The average Bonchev–Trinajstić information content (AvgIpc) is 3.16. The minimum absolute atomic E-state index is 0.800. The summed E-state index contributed by atoms with van der Waals surface area (Å²) in [5.74, 6) is 0.800. The van der Waals surface area contributed by atoms with E-state index in [1.54, 1.807) is 0 Å². The first-order valence-electron chi connectivity index (χ1n) is 10.2. The van der Waals surface area contributed by atoms with Crippen LogP contribution in [0.2, 0.25) is 0 Å². The lowest BCUT2D eigenvalue weighted by Gasteiger charge is -2.08. The van der Waals surface area contributed by atoms with E-state index < -0.39 is 0 Å². The summed E-state index contributed by atoms with van der Waals surface area (Å²) in [6.45, 7) is 2.28. The molecule has 25 heavy (non-hydrogen) atoms. The molecule has 4 nitrogen and oxygen atoms in total. The van der Waals surface area contributed by atoms with E-state index in [0.29, 0.717) is 0 Å². The lowest BCUT2D eigenvalue weighted by molar-refractivity contribution is 0.556. The molecule has 1 aromatic heterocycles. The summed E-state index contributed by atoms with van der Waals surface area (Å²) in [6, 6.07) is 8.81. The van der Waals surface area contributed by atoms with Crippen molar-refractivity contribution in [1.82, 2.24) is 20.6 Å². The molecule has 0 bridgehead atoms. The zero-order valence-electron chi connectivity index (χ0n) is 15.8. The highest BCUT2D eigenvalue weighted by atomic mass is 15.5. The van der Waals surface area contributed by atoms with Crippen molar-refractivity contribution in [3.05, 3.63) is 41.2 Å². The van der Waals surface area contributed by atoms with Gasteiger partial charge in [-0.2, -0.15) is 5.21 Å². The van der Waals surface area contributed by atoms with Gasteiger partial charge in [-0.1, -0.05) is 94.2 Å². The molecule has 0 spiro atoms. The van der Waals surface area contributed by atoms with Crippen LogP contribution < -0.4 is 0 Å². The van der Waals surface area contributed by atoms with Crippen molar-refractivity contribution in [2.45, 2.75) is 90.4 Å². The van der Waals surface area contributed by atoms with Crippen LogP contribution in [0.1, 0.15) is 88.1 Å². The number of H-pyrrole nitrogens is 1. The van der Waals surface area contributed by atoms with Gasteiger partial charge in [0.1, 0.15) is 0 Å². The topological polar surface area (TPSA) is 54.5 Å². The molecule has 1 aromatic carbocycles. The lowest BCUT2D eigenvalue weighted by atomic mass is 9.97. The zero-order chi connectivity index (χ0) is 17.6. The van der Waals surface area contributed by atoms with Crippen molar-refractivity contribution in [3.8, 4) is 0 Å². The molecule has 0 aliphatic heterocycles. The van der Waals surface area contributed by atoms with Crippen LogP contribution in [-0.4, -0.2) is 20.6 Å². The second kappa shape index (κ2) is 12.6. The third-order valence-electron chi connectivity index (χ3n) is 4.93. The van der Waals surface area contributed by atoms with Crippen molar-refractivity contribution < 1.29 is 0 Å². The number of rotatable bonds is 14. The fourth-order valence-electron chi connectivity index (χ4n) is 3.38. The van der Waals surface area contributed by atoms with Gasteiger partial charge in [0, 0.05) is 6.42 Å². The van der Waals surface area contributed by atoms with E-state index in [4.69, 9.17) is 0 Å². The Morgan fingerprint density at radius 2 is 1.32 bits per heavy atom. The zero-order valence-corrected chi connectivity index (χ0v) is 15.8. The van der Waals surface area contributed by atoms with Gasteiger partial charge in [0.05, 0.1) is 0 Å². The van der Waals surface area contributed by atoms with Gasteiger partial charge in [-0.05, 0) is 30.4 Å². The summed E-state index contributed by atoms with van der Waals surface area (Å²) < 4.78 is 0. The number of benzene rings is 1. The van der Waals surface area contributed by atoms with E-state index in [2.05, 4.69) is 51.8 Å². The maximum atomic E-state index is 4.04. The largest absolute Gasteiger partial charge is 0.177 e. The smallest absolute Gasteiger partial charge is 0.174 e. The molecule has 1 N–H and O–H groups in total. The Kier molecular flexibility index (Phi) is 9.90. The van der Waals surface area contributed by atoms with Crippen molar-refractivity contribution in [3.63, 3.8) is 0 Å². The maximum absolute atomic E-state index is 4.04. The molecule has 0 amide bonds. The third-order valence-corrected chi connectivity index (χ3v) is 4.93. The minimum Gasteiger partial charge on any atom is -0.177 e. The van der Waals surface area contributed by atoms with Gasteiger partial charge in [-0.15, -0.1) is 10.2 Å². The Balaban J connectivity index is 1.57. The molecule has 0 saturated heterocycles. The van der Waals surface area contributed by atoms with Gasteiger partial charge in [-0.3, -0.25) is 0 Å². The second-order valence-electron chi connectivity index (χ2n) is 7.03. The molecule has 0 unspecified atom stereocenters. The molecule has 2 aromatic rings. The monoisotopic (exact) mass is 342 g/mol. The number of aryl methyl sites for hydroxylation is 3. The van der Waals surface area contributed by atoms with E-state index in [-0.39, 0.29) is 0 Å². The highest BCUT2D eigenvalue weighted by molar-refractivity contribution is 5.27. The van der Waals surface area contributed by atoms with E-state index >= 15 is 0 Å². The fraction of sp³-hybridized carbons (Fsp3) is 0.667. The molecule has 0 saturated carbocycles. The number of nitrogens with one attached hydrogen (secondary N) is 1. The number of aromatic nitrogens is 4. The molecular formula is C21H34N4. The Morgan fingerprint density at radius 1 is 0.720 bits per heavy atom. The van der Waals surface area contributed by atoms with E-state index in [0.717, 1.165) is 18.7 Å². The number of unbranched alkanes of at least 4 members (excludes halogenated alkanes) is 9. The average molecular weight is 343 g/mol. The van der Waals surface area contributed by atoms with Gasteiger partial charge in [0.2, 0.25) is 0 Å². The van der Waals surface area contributed by atoms with Crippen molar-refractivity contribution in [2.24, 2.45) is 0 Å². The van der Waals surface area contributed by atoms with Gasteiger partial charge in [0.15, 0.2) is 5.82 Å². The first-order valence-corrected chi connectivity index (χ1v) is 10.2. The number of hydrogen-bond donors (Lipinski definition) is 1. The molecule has 2 rings (SSSR count). The maximum Gasteiger partial charge on any atom is 0.174 e. The minimum atomic E-state index is 0.800. The van der Waals surface area contributed by atoms with Crippen LogP contribution in [0.15, 0.2) is 24.3 Å². The molecule has 0 fully saturated rings. The van der Waals surface area contributed by atoms with E-state index in [1.807, 2.05) is 0 Å². The van der Waals surface area contributed by atoms with Crippen LogP contribution in [0.4, 0.5) is 0 Å². The second-order valence-corrected chi connectivity index (χ2v) is 7.03. The van der Waals surface area contributed by atoms with Crippen molar-refractivity contribution >= 4 is 0 Å². The lowest BCUT2D eigenvalue weighted by Crippen LogP contribution is -1.99. The van der Waals surface area contributed by atoms with Gasteiger partial charge >= 0.3 is 0 Å². The standard InChI is InChI=1S/C21H34N4/c1-2-3-4-5-6-7-8-9-10-11-14-19-15-12-13-16-20(19)17-18-21-22-24-25-23-21/h12-13,15-16H,2-11,14,17-18H2,1H3,(H,22,23,24,25). The fourth-order valence-corrected chi connectivity index (χ4v) is 3.38. The van der Waals surface area contributed by atoms with Crippen molar-refractivity contribution in [2.75, 3.05) is 0 Å². The number of hydrogen-bond acceptors (Lipinski definition) is 3. The molecule has 0 aliphatic carbocycles. The number of aromatic amines is 1. The Labute approximate surface area is 152 Å². The summed E-state index contributed by atoms with van der Waals surface area (Å²) in [7, 11) is 0. The predicted molar refractivity (Wildman–Crippen MR) is 104 cm³/mol. The Morgan fingerprint density at radius 3 is 1.92 bits per heavy atom. The highest BCUT2D eigenvalue weighted by Crippen LogP contribution is 2.16. The SMILES string of the molecule is CCCCCCCCCCCCc1ccccc1CCc1nn[nH]n1. The summed E-state index contributed by atoms with van der Waals surface area (Å²) in [4.78, 5) is 0. The predicted octanol–water partition coefficient (Wildman–Crippen LogP) is 5.45. The van der Waals surface area contributed by atoms with Crippen LogP contribution in [0.3, 0.4) is 0 Å². The molecule has 0 atom stereocenters. The van der Waals surface area contributed by atoms with Crippen LogP contribution in [-0.2, 0) is 19.3 Å². The highest BCUT2D eigenvalue weighted by Gasteiger charge is 2.04. The number of tetrazole rings is 1. The molecule has 0 aliphatic rings. The molecule has 0 radical (unpaired) electrons. The summed E-state index contributed by atoms with van der Waals surface area (Å²) in [5, 5.41) is 14.2. The summed E-state index contributed by atoms with van der Waals surface area (Å²) in [5.41, 5.74) is 2.92. The van der Waals surface area contributed by atoms with Gasteiger partial charge in [0.25, 0.3) is 0 Å². The Bertz CT molecular complexity index is 551. The third kappa shape index (κ3) is 8.28. The van der Waals surface area contributed by atoms with Crippen LogP contribution in [0, 0.1) is 0 Å². The number of nitrogens with zero attached hydrogens (tertiary/aromatic N) is 3. The van der Waals surface area contributed by atoms with E-state index in [1.165, 1.54) is 81.8 Å².